The number of halogens is 2. The lowest BCUT2D eigenvalue weighted by Gasteiger charge is -2.24. The van der Waals surface area contributed by atoms with Gasteiger partial charge in [-0.3, -0.25) is 9.36 Å². The van der Waals surface area contributed by atoms with Crippen LogP contribution in [0.25, 0.3) is 11.8 Å². The third-order valence-corrected chi connectivity index (χ3v) is 8.88. The van der Waals surface area contributed by atoms with Crippen LogP contribution in [0.4, 0.5) is 0 Å². The lowest BCUT2D eigenvalue weighted by atomic mass is 9.97. The number of fused-ring (bicyclic) bond motifs is 1. The maximum Gasteiger partial charge on any atom is 0.338 e. The highest BCUT2D eigenvalue weighted by Gasteiger charge is 2.35. The number of carbonyl (C=O) groups excluding carboxylic acids is 1. The summed E-state index contributed by atoms with van der Waals surface area (Å²) >= 11 is 8.52. The van der Waals surface area contributed by atoms with E-state index in [0.717, 1.165) is 24.0 Å². The van der Waals surface area contributed by atoms with Crippen molar-refractivity contribution in [2.45, 2.75) is 13.0 Å². The number of nitrogens with zero attached hydrogens (tertiary/aromatic N) is 2. The molecule has 0 amide bonds. The number of rotatable bonds is 6. The van der Waals surface area contributed by atoms with Crippen molar-refractivity contribution in [2.75, 3.05) is 13.7 Å². The zero-order valence-corrected chi connectivity index (χ0v) is 25.1. The van der Waals surface area contributed by atoms with Crippen LogP contribution < -0.4 is 19.6 Å². The number of benzene rings is 2. The van der Waals surface area contributed by atoms with Gasteiger partial charge in [0.05, 0.1) is 33.1 Å². The predicted octanol–water partition coefficient (Wildman–Crippen LogP) is 5.37. The fraction of sp³-hybridized carbons (Fsp3) is 0.148. The predicted molar refractivity (Wildman–Crippen MR) is 159 cm³/mol. The minimum atomic E-state index is -0.655. The number of thiophene rings is 1. The highest BCUT2D eigenvalue weighted by molar-refractivity contribution is 14.1. The maximum absolute atomic E-state index is 13.9. The fourth-order valence-electron chi connectivity index (χ4n) is 4.20. The van der Waals surface area contributed by atoms with E-state index in [2.05, 4.69) is 38.5 Å². The monoisotopic (exact) mass is 706 g/mol. The van der Waals surface area contributed by atoms with Gasteiger partial charge < -0.3 is 9.47 Å². The molecule has 0 bridgehead atoms. The normalized spacial score (nSPS) is 15.4. The van der Waals surface area contributed by atoms with Gasteiger partial charge in [-0.1, -0.05) is 63.7 Å². The van der Waals surface area contributed by atoms with Crippen LogP contribution in [0.2, 0.25) is 0 Å². The smallest absolute Gasteiger partial charge is 0.338 e. The van der Waals surface area contributed by atoms with Gasteiger partial charge in [0, 0.05) is 20.5 Å². The molecule has 5 rings (SSSR count). The van der Waals surface area contributed by atoms with E-state index in [1.165, 1.54) is 22.7 Å². The molecule has 2 aromatic carbocycles. The Labute approximate surface area is 242 Å². The van der Waals surface area contributed by atoms with Crippen LogP contribution in [0.15, 0.2) is 79.8 Å². The fourth-order valence-corrected chi connectivity index (χ4v) is 7.79. The van der Waals surface area contributed by atoms with Crippen LogP contribution in [0, 0.1) is 3.57 Å². The molecule has 0 unspecified atom stereocenters. The molecule has 6 nitrogen and oxygen atoms in total. The molecule has 188 valence electrons. The Hall–Kier alpha value is -2.54. The van der Waals surface area contributed by atoms with Gasteiger partial charge in [0.1, 0.15) is 11.8 Å². The molecule has 1 aliphatic heterocycles. The van der Waals surface area contributed by atoms with Crippen molar-refractivity contribution in [1.29, 1.82) is 0 Å². The van der Waals surface area contributed by atoms with Crippen molar-refractivity contribution < 1.29 is 14.3 Å². The average Bonchev–Trinajstić information content (AvgIpc) is 3.52. The zero-order chi connectivity index (χ0) is 26.1. The molecule has 4 aromatic rings. The molecule has 1 aliphatic rings. The molecular formula is C27H20BrIN2O4S2. The Morgan fingerprint density at radius 1 is 1.22 bits per heavy atom. The molecule has 0 N–H and O–H groups in total. The van der Waals surface area contributed by atoms with Crippen molar-refractivity contribution in [3.8, 4) is 5.75 Å². The standard InChI is InChI=1S/C27H20BrIN2O4S2/c1-3-35-26(33)21-22(15-8-5-4-6-9-15)30-27-31(23(21)19-10-7-11-36-19)25(32)20(37-27)13-16-12-17(28)14-18(29)24(16)34-2/h4-14,23H,3H2,1-2H3/b20-13-/t23-/m1/s1. The quantitative estimate of drug-likeness (QED) is 0.200. The number of methoxy groups -OCH3 is 1. The topological polar surface area (TPSA) is 69.9 Å². The minimum Gasteiger partial charge on any atom is -0.495 e. The number of ether oxygens (including phenoxy) is 2. The minimum absolute atomic E-state index is 0.216. The van der Waals surface area contributed by atoms with Gasteiger partial charge in [0.25, 0.3) is 5.56 Å². The maximum atomic E-state index is 13.9. The van der Waals surface area contributed by atoms with Crippen LogP contribution in [0.3, 0.4) is 0 Å². The first kappa shape index (κ1) is 26.1. The van der Waals surface area contributed by atoms with Crippen LogP contribution in [0.5, 0.6) is 5.75 Å². The van der Waals surface area contributed by atoms with Gasteiger partial charge in [0.2, 0.25) is 0 Å². The van der Waals surface area contributed by atoms with Crippen LogP contribution >= 0.6 is 61.2 Å². The molecule has 0 saturated heterocycles. The first-order valence-electron chi connectivity index (χ1n) is 11.3. The lowest BCUT2D eigenvalue weighted by molar-refractivity contribution is -0.138. The van der Waals surface area contributed by atoms with Crippen LogP contribution in [-0.4, -0.2) is 24.3 Å². The summed E-state index contributed by atoms with van der Waals surface area (Å²) in [4.78, 5) is 33.5. The van der Waals surface area contributed by atoms with E-state index in [1.807, 2.05) is 66.1 Å². The molecule has 37 heavy (non-hydrogen) atoms. The molecule has 0 radical (unpaired) electrons. The Morgan fingerprint density at radius 2 is 2.00 bits per heavy atom. The summed E-state index contributed by atoms with van der Waals surface area (Å²) in [5.41, 5.74) is 2.19. The second-order valence-electron chi connectivity index (χ2n) is 7.96. The summed E-state index contributed by atoms with van der Waals surface area (Å²) in [6.07, 6.45) is 1.82. The largest absolute Gasteiger partial charge is 0.495 e. The SMILES string of the molecule is CCOC(=O)C1=C(c2ccccc2)N=c2s/c(=C\c3cc(Br)cc(I)c3OC)c(=O)n2[C@@H]1c1cccs1. The molecule has 2 aromatic heterocycles. The molecule has 0 fully saturated rings. The number of hydrogen-bond donors (Lipinski definition) is 0. The van der Waals surface area contributed by atoms with E-state index < -0.39 is 12.0 Å². The molecule has 0 aliphatic carbocycles. The van der Waals surface area contributed by atoms with E-state index >= 15 is 0 Å². The second kappa shape index (κ2) is 11.1. The van der Waals surface area contributed by atoms with Crippen LogP contribution in [-0.2, 0) is 9.53 Å². The number of hydrogen-bond acceptors (Lipinski definition) is 7. The second-order valence-corrected chi connectivity index (χ2v) is 12.0. The van der Waals surface area contributed by atoms with E-state index in [9.17, 15) is 9.59 Å². The van der Waals surface area contributed by atoms with Gasteiger partial charge in [-0.05, 0) is 59.2 Å². The Morgan fingerprint density at radius 3 is 2.68 bits per heavy atom. The molecule has 3 heterocycles. The van der Waals surface area contributed by atoms with Crippen molar-refractivity contribution in [3.05, 3.63) is 109 Å². The van der Waals surface area contributed by atoms with Gasteiger partial charge in [-0.25, -0.2) is 9.79 Å². The van der Waals surface area contributed by atoms with Gasteiger partial charge >= 0.3 is 5.97 Å². The van der Waals surface area contributed by atoms with E-state index in [4.69, 9.17) is 14.5 Å². The van der Waals surface area contributed by atoms with Crippen molar-refractivity contribution in [2.24, 2.45) is 4.99 Å². The Kier molecular flexibility index (Phi) is 7.80. The molecular weight excluding hydrogens is 687 g/mol. The molecule has 10 heteroatoms. The summed E-state index contributed by atoms with van der Waals surface area (Å²) in [5, 5.41) is 1.93. The highest BCUT2D eigenvalue weighted by Crippen LogP contribution is 2.37. The van der Waals surface area contributed by atoms with Crippen LogP contribution in [0.1, 0.15) is 29.0 Å². The average molecular weight is 707 g/mol. The Bertz CT molecular complexity index is 1690. The Balaban J connectivity index is 1.83. The van der Waals surface area contributed by atoms with Crippen molar-refractivity contribution >= 4 is 78.9 Å². The summed E-state index contributed by atoms with van der Waals surface area (Å²) in [6, 6.07) is 16.6. The molecule has 0 spiro atoms. The zero-order valence-electron chi connectivity index (χ0n) is 19.7. The number of carbonyl (C=O) groups is 1. The van der Waals surface area contributed by atoms with E-state index in [0.29, 0.717) is 26.4 Å². The van der Waals surface area contributed by atoms with Gasteiger partial charge in [0.15, 0.2) is 4.80 Å². The molecule has 1 atom stereocenters. The summed E-state index contributed by atoms with van der Waals surface area (Å²) in [5.74, 6) is 0.197. The van der Waals surface area contributed by atoms with E-state index in [-0.39, 0.29) is 12.2 Å². The van der Waals surface area contributed by atoms with Gasteiger partial charge in [-0.2, -0.15) is 0 Å². The first-order chi connectivity index (χ1) is 17.9. The number of thiazole rings is 1. The summed E-state index contributed by atoms with van der Waals surface area (Å²) in [6.45, 7) is 1.98. The van der Waals surface area contributed by atoms with Crippen molar-refractivity contribution in [1.82, 2.24) is 4.57 Å². The lowest BCUT2D eigenvalue weighted by Crippen LogP contribution is -2.39. The molecule has 0 saturated carbocycles. The summed E-state index contributed by atoms with van der Waals surface area (Å²) in [7, 11) is 1.61. The summed E-state index contributed by atoms with van der Waals surface area (Å²) < 4.78 is 15.0. The number of aromatic nitrogens is 1. The van der Waals surface area contributed by atoms with E-state index in [1.54, 1.807) is 18.6 Å². The third kappa shape index (κ3) is 4.99. The van der Waals surface area contributed by atoms with Gasteiger partial charge in [-0.15, -0.1) is 11.3 Å². The highest BCUT2D eigenvalue weighted by atomic mass is 127. The first-order valence-corrected chi connectivity index (χ1v) is 14.8. The number of esters is 1. The third-order valence-electron chi connectivity index (χ3n) is 5.71. The van der Waals surface area contributed by atoms with Crippen molar-refractivity contribution in [3.63, 3.8) is 0 Å².